The van der Waals surface area contributed by atoms with E-state index in [9.17, 15) is 15.0 Å². The first-order valence-corrected chi connectivity index (χ1v) is 8.17. The van der Waals surface area contributed by atoms with Crippen molar-refractivity contribution in [3.05, 3.63) is 49.1 Å². The maximum atomic E-state index is 11.5. The number of aromatic nitrogens is 4. The number of hydrogen-bond donors (Lipinski definition) is 3. The molecule has 8 heteroatoms. The van der Waals surface area contributed by atoms with Crippen LogP contribution in [-0.4, -0.2) is 48.9 Å². The molecule has 1 atom stereocenters. The lowest BCUT2D eigenvalue weighted by Crippen LogP contribution is -2.22. The van der Waals surface area contributed by atoms with E-state index >= 15 is 0 Å². The van der Waals surface area contributed by atoms with Crippen LogP contribution >= 0.6 is 0 Å². The van der Waals surface area contributed by atoms with Gasteiger partial charge < -0.3 is 20.1 Å². The number of carboxylic acids is 1. The monoisotopic (exact) mass is 353 g/mol. The van der Waals surface area contributed by atoms with Gasteiger partial charge in [0.15, 0.2) is 6.04 Å². The van der Waals surface area contributed by atoms with Gasteiger partial charge in [0.05, 0.1) is 24.3 Å². The SMILES string of the molecule is CCNc1ncc(-c2c(-c3ccccc3)ncn2C(CO)C(=O)O)cn1. The smallest absolute Gasteiger partial charge is 0.329 e. The fourth-order valence-corrected chi connectivity index (χ4v) is 2.68. The van der Waals surface area contributed by atoms with Crippen molar-refractivity contribution in [2.24, 2.45) is 0 Å². The lowest BCUT2D eigenvalue weighted by atomic mass is 10.1. The van der Waals surface area contributed by atoms with Crippen LogP contribution in [0.2, 0.25) is 0 Å². The summed E-state index contributed by atoms with van der Waals surface area (Å²) in [5.41, 5.74) is 2.59. The summed E-state index contributed by atoms with van der Waals surface area (Å²) in [6.45, 7) is 2.08. The highest BCUT2D eigenvalue weighted by molar-refractivity contribution is 5.80. The van der Waals surface area contributed by atoms with Crippen molar-refractivity contribution in [1.29, 1.82) is 0 Å². The van der Waals surface area contributed by atoms with Crippen LogP contribution in [-0.2, 0) is 4.79 Å². The molecule has 0 amide bonds. The molecule has 3 aromatic rings. The number of hydrogen-bond acceptors (Lipinski definition) is 6. The highest BCUT2D eigenvalue weighted by Gasteiger charge is 2.25. The summed E-state index contributed by atoms with van der Waals surface area (Å²) in [5, 5.41) is 22.0. The maximum Gasteiger partial charge on any atom is 0.329 e. The highest BCUT2D eigenvalue weighted by Crippen LogP contribution is 2.32. The van der Waals surface area contributed by atoms with Gasteiger partial charge in [-0.3, -0.25) is 0 Å². The second kappa shape index (κ2) is 7.75. The van der Waals surface area contributed by atoms with E-state index in [1.807, 2.05) is 37.3 Å². The Morgan fingerprint density at radius 2 is 1.85 bits per heavy atom. The predicted molar refractivity (Wildman–Crippen MR) is 96.6 cm³/mol. The van der Waals surface area contributed by atoms with Gasteiger partial charge in [-0.15, -0.1) is 0 Å². The molecule has 26 heavy (non-hydrogen) atoms. The van der Waals surface area contributed by atoms with Crippen molar-refractivity contribution in [3.63, 3.8) is 0 Å². The first kappa shape index (κ1) is 17.6. The number of nitrogens with one attached hydrogen (secondary N) is 1. The number of aliphatic hydroxyl groups is 1. The Labute approximate surface area is 150 Å². The van der Waals surface area contributed by atoms with E-state index in [2.05, 4.69) is 20.3 Å². The maximum absolute atomic E-state index is 11.5. The van der Waals surface area contributed by atoms with Gasteiger partial charge in [0.1, 0.15) is 0 Å². The second-order valence-electron chi connectivity index (χ2n) is 5.58. The molecule has 8 nitrogen and oxygen atoms in total. The van der Waals surface area contributed by atoms with E-state index in [1.54, 1.807) is 12.4 Å². The number of aliphatic hydroxyl groups excluding tert-OH is 1. The zero-order valence-corrected chi connectivity index (χ0v) is 14.2. The van der Waals surface area contributed by atoms with Gasteiger partial charge >= 0.3 is 5.97 Å². The summed E-state index contributed by atoms with van der Waals surface area (Å²) >= 11 is 0. The molecule has 3 rings (SSSR count). The number of carbonyl (C=O) groups is 1. The molecule has 0 saturated carbocycles. The van der Waals surface area contributed by atoms with E-state index in [1.165, 1.54) is 10.9 Å². The summed E-state index contributed by atoms with van der Waals surface area (Å²) in [6.07, 6.45) is 4.65. The lowest BCUT2D eigenvalue weighted by Gasteiger charge is -2.15. The van der Waals surface area contributed by atoms with Crippen LogP contribution in [0.1, 0.15) is 13.0 Å². The molecule has 3 N–H and O–H groups in total. The van der Waals surface area contributed by atoms with Crippen molar-refractivity contribution in [1.82, 2.24) is 19.5 Å². The van der Waals surface area contributed by atoms with Gasteiger partial charge in [-0.25, -0.2) is 19.7 Å². The summed E-state index contributed by atoms with van der Waals surface area (Å²) in [4.78, 5) is 24.5. The molecule has 2 aromatic heterocycles. The second-order valence-corrected chi connectivity index (χ2v) is 5.58. The Bertz CT molecular complexity index is 878. The quantitative estimate of drug-likeness (QED) is 0.596. The summed E-state index contributed by atoms with van der Waals surface area (Å²) in [5.74, 6) is -0.656. The van der Waals surface area contributed by atoms with Crippen LogP contribution < -0.4 is 5.32 Å². The first-order valence-electron chi connectivity index (χ1n) is 8.17. The van der Waals surface area contributed by atoms with Crippen LogP contribution in [0, 0.1) is 0 Å². The molecule has 0 radical (unpaired) electrons. The Balaban J connectivity index is 2.16. The third kappa shape index (κ3) is 3.40. The molecule has 2 heterocycles. The molecule has 0 bridgehead atoms. The van der Waals surface area contributed by atoms with Gasteiger partial charge in [-0.2, -0.15) is 0 Å². The molecule has 1 aromatic carbocycles. The first-order chi connectivity index (χ1) is 12.7. The summed E-state index contributed by atoms with van der Waals surface area (Å²) in [6, 6.07) is 8.27. The lowest BCUT2D eigenvalue weighted by molar-refractivity contribution is -0.142. The minimum absolute atomic E-state index is 0.487. The Hall–Kier alpha value is -3.26. The van der Waals surface area contributed by atoms with Gasteiger partial charge in [-0.05, 0) is 6.92 Å². The van der Waals surface area contributed by atoms with Crippen molar-refractivity contribution in [2.45, 2.75) is 13.0 Å². The van der Waals surface area contributed by atoms with Crippen LogP contribution in [0.3, 0.4) is 0 Å². The molecule has 0 aliphatic rings. The molecule has 0 aliphatic carbocycles. The summed E-state index contributed by atoms with van der Waals surface area (Å²) in [7, 11) is 0. The molecule has 1 unspecified atom stereocenters. The normalized spacial score (nSPS) is 11.9. The third-order valence-corrected chi connectivity index (χ3v) is 3.89. The molecular formula is C18H19N5O3. The fraction of sp³-hybridized carbons (Fsp3) is 0.222. The zero-order chi connectivity index (χ0) is 18.5. The molecule has 0 aliphatic heterocycles. The van der Waals surface area contributed by atoms with Crippen LogP contribution in [0.25, 0.3) is 22.5 Å². The van der Waals surface area contributed by atoms with E-state index in [-0.39, 0.29) is 0 Å². The highest BCUT2D eigenvalue weighted by atomic mass is 16.4. The molecule has 134 valence electrons. The number of carboxylic acid groups (broad SMARTS) is 1. The molecule has 0 saturated heterocycles. The average molecular weight is 353 g/mol. The molecular weight excluding hydrogens is 334 g/mol. The predicted octanol–water partition coefficient (Wildman–Crippen LogP) is 2.06. The average Bonchev–Trinajstić information content (AvgIpc) is 3.08. The van der Waals surface area contributed by atoms with Gasteiger partial charge in [-0.1, -0.05) is 30.3 Å². The number of nitrogens with zero attached hydrogens (tertiary/aromatic N) is 4. The molecule has 0 fully saturated rings. The minimum Gasteiger partial charge on any atom is -0.480 e. The Morgan fingerprint density at radius 3 is 2.42 bits per heavy atom. The van der Waals surface area contributed by atoms with Crippen molar-refractivity contribution in [3.8, 4) is 22.5 Å². The van der Waals surface area contributed by atoms with Crippen molar-refractivity contribution in [2.75, 3.05) is 18.5 Å². The zero-order valence-electron chi connectivity index (χ0n) is 14.2. The van der Waals surface area contributed by atoms with E-state index in [0.29, 0.717) is 29.4 Å². The number of rotatable bonds is 7. The number of imidazole rings is 1. The van der Waals surface area contributed by atoms with Crippen LogP contribution in [0.4, 0.5) is 5.95 Å². The van der Waals surface area contributed by atoms with E-state index in [4.69, 9.17) is 0 Å². The number of benzene rings is 1. The van der Waals surface area contributed by atoms with Crippen molar-refractivity contribution < 1.29 is 15.0 Å². The van der Waals surface area contributed by atoms with Gasteiger partial charge in [0.2, 0.25) is 5.95 Å². The third-order valence-electron chi connectivity index (χ3n) is 3.89. The fourth-order valence-electron chi connectivity index (χ4n) is 2.68. The van der Waals surface area contributed by atoms with Crippen LogP contribution in [0.15, 0.2) is 49.1 Å². The standard InChI is InChI=1S/C18H19N5O3/c1-2-19-18-20-8-13(9-21-18)16-15(12-6-4-3-5-7-12)22-11-23(16)14(10-24)17(25)26/h3-9,11,14,24H,2,10H2,1H3,(H,25,26)(H,19,20,21). The number of aliphatic carboxylic acids is 1. The summed E-state index contributed by atoms with van der Waals surface area (Å²) < 4.78 is 1.44. The molecule has 0 spiro atoms. The van der Waals surface area contributed by atoms with Crippen LogP contribution in [0.5, 0.6) is 0 Å². The topological polar surface area (TPSA) is 113 Å². The van der Waals surface area contributed by atoms with E-state index in [0.717, 1.165) is 5.56 Å². The number of anilines is 1. The minimum atomic E-state index is -1.15. The Morgan fingerprint density at radius 1 is 1.15 bits per heavy atom. The Kier molecular flexibility index (Phi) is 5.23. The largest absolute Gasteiger partial charge is 0.480 e. The van der Waals surface area contributed by atoms with Gasteiger partial charge in [0, 0.05) is 30.1 Å². The van der Waals surface area contributed by atoms with E-state index < -0.39 is 18.6 Å². The van der Waals surface area contributed by atoms with Crippen molar-refractivity contribution >= 4 is 11.9 Å². The van der Waals surface area contributed by atoms with Gasteiger partial charge in [0.25, 0.3) is 0 Å².